The maximum absolute atomic E-state index is 11.8. The molecule has 310 valence electrons. The highest BCUT2D eigenvalue weighted by molar-refractivity contribution is 8.77. The number of carboxylic acid groups (broad SMARTS) is 1. The number of allylic oxidation sites excluding steroid dienone is 1. The Labute approximate surface area is 372 Å². The molecule has 4 rings (SSSR count). The van der Waals surface area contributed by atoms with E-state index in [0.717, 1.165) is 42.3 Å². The zero-order valence-corrected chi connectivity index (χ0v) is 37.4. The van der Waals surface area contributed by atoms with Crippen molar-refractivity contribution in [1.82, 2.24) is 0 Å². The minimum atomic E-state index is -1.67. The second-order valence-electron chi connectivity index (χ2n) is 10.4. The summed E-state index contributed by atoms with van der Waals surface area (Å²) < 4.78 is 9.09. The summed E-state index contributed by atoms with van der Waals surface area (Å²) in [6.07, 6.45) is 6.82. The predicted molar refractivity (Wildman–Crippen MR) is 253 cm³/mol. The molecule has 0 saturated carbocycles. The third-order valence-corrected chi connectivity index (χ3v) is 11.0. The Bertz CT molecular complexity index is 1840. The SMILES string of the molecule is C=CCC(=O)Cl.C=CCC(=O)Nc1ccccc1SSc1ccccc1NC(=O)CC=C.C=CCC(=O)O.Nc1ccccc1SSc1ccccc1N.O=S(Cl)Cl. The molecule has 0 spiro atoms. The molecule has 4 aromatic carbocycles. The van der Waals surface area contributed by atoms with Crippen LogP contribution in [-0.4, -0.2) is 32.3 Å². The maximum Gasteiger partial charge on any atom is 0.307 e. The number of amides is 2. The lowest BCUT2D eigenvalue weighted by molar-refractivity contribution is -0.136. The average molecular weight is 942 g/mol. The highest BCUT2D eigenvalue weighted by Gasteiger charge is 2.10. The fourth-order valence-corrected chi connectivity index (χ4v) is 8.09. The fraction of sp³-hybridized carbons (Fsp3) is 0.100. The molecule has 58 heavy (non-hydrogen) atoms. The molecule has 18 heteroatoms. The van der Waals surface area contributed by atoms with Crippen LogP contribution in [0.1, 0.15) is 25.7 Å². The molecular weight excluding hydrogens is 899 g/mol. The molecule has 0 saturated heterocycles. The van der Waals surface area contributed by atoms with Crippen molar-refractivity contribution in [3.8, 4) is 0 Å². The third-order valence-electron chi connectivity index (χ3n) is 5.89. The summed E-state index contributed by atoms with van der Waals surface area (Å²) in [4.78, 5) is 46.9. The Balaban J connectivity index is 0.000000853. The summed E-state index contributed by atoms with van der Waals surface area (Å²) in [7, 11) is 13.6. The average Bonchev–Trinajstić information content (AvgIpc) is 3.16. The number of carboxylic acids is 1. The summed E-state index contributed by atoms with van der Waals surface area (Å²) in [6, 6.07) is 30.8. The van der Waals surface area contributed by atoms with Gasteiger partial charge in [-0.05, 0) is 60.1 Å². The molecule has 0 aromatic heterocycles. The Morgan fingerprint density at radius 1 is 0.569 bits per heavy atom. The largest absolute Gasteiger partial charge is 0.481 e. The van der Waals surface area contributed by atoms with Crippen molar-refractivity contribution in [3.63, 3.8) is 0 Å². The first-order valence-corrected chi connectivity index (χ1v) is 23.9. The van der Waals surface area contributed by atoms with Crippen molar-refractivity contribution in [1.29, 1.82) is 0 Å². The van der Waals surface area contributed by atoms with Crippen molar-refractivity contribution in [3.05, 3.63) is 148 Å². The number of benzene rings is 4. The lowest BCUT2D eigenvalue weighted by Gasteiger charge is -2.12. The molecule has 2 amide bonds. The standard InChI is InChI=1S/C20H20N2O2S2.C12H12N2S2.C4H5ClO.C4H6O2.Cl2OS/c1-3-9-19(23)21-15-11-5-7-13-17(15)25-26-18-14-8-6-12-16(18)22-20(24)10-4-2;13-9-5-1-3-7-11(9)15-16-12-8-4-2-6-10(12)14;2*1-2-3-4(5)6;1-4(2)3/h3-8,11-14H,1-2,9-10H2,(H,21,23)(H,22,24);1-8H,13-14H2;2H,1,3H2;2H,1,3H2,(H,5,6);. The molecule has 0 fully saturated rings. The second kappa shape index (κ2) is 33.9. The summed E-state index contributed by atoms with van der Waals surface area (Å²) in [5.74, 6) is -1.03. The topological polar surface area (TPSA) is 182 Å². The number of anilines is 4. The lowest BCUT2D eigenvalue weighted by atomic mass is 10.3. The van der Waals surface area contributed by atoms with Gasteiger partial charge in [0, 0.05) is 71.6 Å². The summed E-state index contributed by atoms with van der Waals surface area (Å²) >= 11 is 4.87. The highest BCUT2D eigenvalue weighted by Crippen LogP contribution is 2.44. The number of nitrogen functional groups attached to an aromatic ring is 2. The van der Waals surface area contributed by atoms with Gasteiger partial charge in [0.05, 0.1) is 17.8 Å². The first-order valence-electron chi connectivity index (χ1n) is 16.4. The second-order valence-corrected chi connectivity index (χ2v) is 17.8. The van der Waals surface area contributed by atoms with E-state index < -0.39 is 15.2 Å². The van der Waals surface area contributed by atoms with Gasteiger partial charge in [0.1, 0.15) is 0 Å². The van der Waals surface area contributed by atoms with Gasteiger partial charge in [0.15, 0.2) is 0 Å². The Morgan fingerprint density at radius 2 is 0.862 bits per heavy atom. The molecule has 0 radical (unpaired) electrons. The molecule has 0 aliphatic rings. The van der Waals surface area contributed by atoms with Crippen molar-refractivity contribution >= 4 is 131 Å². The van der Waals surface area contributed by atoms with Crippen molar-refractivity contribution in [2.45, 2.75) is 45.3 Å². The van der Waals surface area contributed by atoms with Crippen LogP contribution < -0.4 is 22.1 Å². The smallest absolute Gasteiger partial charge is 0.307 e. The van der Waals surface area contributed by atoms with Gasteiger partial charge in [-0.1, -0.05) is 116 Å². The summed E-state index contributed by atoms with van der Waals surface area (Å²) in [6.45, 7) is 13.7. The number of carbonyl (C=O) groups is 4. The summed E-state index contributed by atoms with van der Waals surface area (Å²) in [5, 5.41) is 13.3. The minimum Gasteiger partial charge on any atom is -0.481 e. The fourth-order valence-electron chi connectivity index (χ4n) is 3.48. The maximum atomic E-state index is 11.8. The summed E-state index contributed by atoms with van der Waals surface area (Å²) in [5.41, 5.74) is 14.8. The van der Waals surface area contributed by atoms with E-state index in [1.54, 1.807) is 33.7 Å². The van der Waals surface area contributed by atoms with Crippen LogP contribution in [0.3, 0.4) is 0 Å². The molecular formula is C40H43Cl3N4O6S5. The van der Waals surface area contributed by atoms with Gasteiger partial charge in [-0.3, -0.25) is 19.2 Å². The van der Waals surface area contributed by atoms with E-state index in [1.807, 2.05) is 97.1 Å². The van der Waals surface area contributed by atoms with Crippen LogP contribution in [0.2, 0.25) is 0 Å². The molecule has 0 aliphatic heterocycles. The van der Waals surface area contributed by atoms with E-state index in [1.165, 1.54) is 33.7 Å². The lowest BCUT2D eigenvalue weighted by Crippen LogP contribution is -2.10. The zero-order chi connectivity index (χ0) is 43.7. The Kier molecular flexibility index (Phi) is 31.5. The van der Waals surface area contributed by atoms with Gasteiger partial charge >= 0.3 is 5.97 Å². The number of halogens is 3. The van der Waals surface area contributed by atoms with Gasteiger partial charge in [-0.15, -0.1) is 26.3 Å². The van der Waals surface area contributed by atoms with Crippen LogP contribution in [-0.2, 0) is 28.4 Å². The number of hydrogen-bond donors (Lipinski definition) is 5. The molecule has 7 N–H and O–H groups in total. The first kappa shape index (κ1) is 53.9. The quantitative estimate of drug-likeness (QED) is 0.0311. The van der Waals surface area contributed by atoms with E-state index in [2.05, 4.69) is 58.3 Å². The zero-order valence-electron chi connectivity index (χ0n) is 31.0. The first-order chi connectivity index (χ1) is 27.7. The van der Waals surface area contributed by atoms with Gasteiger partial charge in [0.25, 0.3) is 0 Å². The Morgan fingerprint density at radius 3 is 1.12 bits per heavy atom. The van der Waals surface area contributed by atoms with Crippen LogP contribution in [0.15, 0.2) is 167 Å². The number of carbonyl (C=O) groups excluding carboxylic acids is 3. The molecule has 10 nitrogen and oxygen atoms in total. The molecule has 0 unspecified atom stereocenters. The van der Waals surface area contributed by atoms with Gasteiger partial charge in [-0.2, -0.15) is 0 Å². The van der Waals surface area contributed by atoms with E-state index in [9.17, 15) is 19.2 Å². The van der Waals surface area contributed by atoms with Gasteiger partial charge in [-0.25, -0.2) is 4.21 Å². The van der Waals surface area contributed by atoms with Gasteiger partial charge < -0.3 is 27.2 Å². The normalized spacial score (nSPS) is 9.45. The third kappa shape index (κ3) is 27.6. The van der Waals surface area contributed by atoms with Crippen molar-refractivity contribution in [2.24, 2.45) is 0 Å². The van der Waals surface area contributed by atoms with Crippen LogP contribution >= 0.6 is 76.1 Å². The minimum absolute atomic E-state index is 0.0556. The van der Waals surface area contributed by atoms with Crippen molar-refractivity contribution < 1.29 is 28.5 Å². The number of aliphatic carboxylic acids is 1. The molecule has 0 heterocycles. The van der Waals surface area contributed by atoms with Crippen LogP contribution in [0.25, 0.3) is 0 Å². The molecule has 0 atom stereocenters. The Hall–Kier alpha value is -4.06. The molecule has 0 bridgehead atoms. The number of nitrogens with two attached hydrogens (primary N) is 2. The van der Waals surface area contributed by atoms with Crippen molar-refractivity contribution in [2.75, 3.05) is 22.1 Å². The van der Waals surface area contributed by atoms with Crippen LogP contribution in [0.4, 0.5) is 22.7 Å². The molecule has 0 aliphatic carbocycles. The monoisotopic (exact) mass is 940 g/mol. The predicted octanol–water partition coefficient (Wildman–Crippen LogP) is 12.2. The van der Waals surface area contributed by atoms with E-state index in [4.69, 9.17) is 32.4 Å². The van der Waals surface area contributed by atoms with E-state index in [-0.39, 0.29) is 42.7 Å². The molecule has 4 aromatic rings. The number of rotatable bonds is 16. The van der Waals surface area contributed by atoms with E-state index in [0.29, 0.717) is 0 Å². The number of hydrogen-bond acceptors (Lipinski definition) is 11. The number of para-hydroxylation sites is 4. The van der Waals surface area contributed by atoms with E-state index >= 15 is 0 Å². The van der Waals surface area contributed by atoms with Gasteiger partial charge in [0.2, 0.25) is 26.3 Å². The van der Waals surface area contributed by atoms with Crippen LogP contribution in [0.5, 0.6) is 0 Å². The van der Waals surface area contributed by atoms with Crippen LogP contribution in [0, 0.1) is 0 Å². The highest BCUT2D eigenvalue weighted by atomic mass is 36.0. The number of nitrogens with one attached hydrogen (secondary N) is 2.